The number of nitrogens with one attached hydrogen (secondary N) is 1. The van der Waals surface area contributed by atoms with E-state index in [0.717, 1.165) is 28.3 Å². The zero-order chi connectivity index (χ0) is 15.6. The number of halogens is 4. The summed E-state index contributed by atoms with van der Waals surface area (Å²) in [6, 6.07) is 7.60. The van der Waals surface area contributed by atoms with Crippen molar-refractivity contribution in [2.45, 2.75) is 25.6 Å². The molecule has 1 unspecified atom stereocenters. The standard InChI is InChI=1S/C15H15ClF3NS/c1-3-12(20-2)14-7-6-13(21-14)10-5-4-9(8-11(10)16)15(17,18)19/h4-8,12,20H,3H2,1-2H3. The number of hydrogen-bond acceptors (Lipinski definition) is 2. The highest BCUT2D eigenvalue weighted by Crippen LogP contribution is 2.39. The van der Waals surface area contributed by atoms with Crippen molar-refractivity contribution in [3.05, 3.63) is 45.8 Å². The molecule has 0 aliphatic heterocycles. The summed E-state index contributed by atoms with van der Waals surface area (Å²) < 4.78 is 37.9. The summed E-state index contributed by atoms with van der Waals surface area (Å²) in [4.78, 5) is 2.02. The minimum absolute atomic E-state index is 0.121. The smallest absolute Gasteiger partial charge is 0.312 e. The van der Waals surface area contributed by atoms with Crippen LogP contribution in [-0.4, -0.2) is 7.05 Å². The lowest BCUT2D eigenvalue weighted by atomic mass is 10.1. The normalized spacial score (nSPS) is 13.4. The van der Waals surface area contributed by atoms with Crippen LogP contribution in [0.25, 0.3) is 10.4 Å². The minimum Gasteiger partial charge on any atom is -0.312 e. The van der Waals surface area contributed by atoms with Gasteiger partial charge < -0.3 is 5.32 Å². The Kier molecular flexibility index (Phi) is 4.96. The highest BCUT2D eigenvalue weighted by Gasteiger charge is 2.31. The molecule has 1 heterocycles. The van der Waals surface area contributed by atoms with Gasteiger partial charge in [-0.15, -0.1) is 11.3 Å². The summed E-state index contributed by atoms with van der Waals surface area (Å²) in [6.07, 6.45) is -3.43. The zero-order valence-corrected chi connectivity index (χ0v) is 13.2. The van der Waals surface area contributed by atoms with Crippen molar-refractivity contribution in [2.75, 3.05) is 7.05 Å². The Hall–Kier alpha value is -1.04. The summed E-state index contributed by atoms with van der Waals surface area (Å²) in [5.41, 5.74) is -0.0958. The molecule has 1 N–H and O–H groups in total. The topological polar surface area (TPSA) is 12.0 Å². The van der Waals surface area contributed by atoms with Crippen molar-refractivity contribution in [3.63, 3.8) is 0 Å². The Morgan fingerprint density at radius 1 is 1.24 bits per heavy atom. The predicted molar refractivity (Wildman–Crippen MR) is 81.9 cm³/mol. The van der Waals surface area contributed by atoms with Crippen molar-refractivity contribution in [2.24, 2.45) is 0 Å². The Morgan fingerprint density at radius 2 is 1.95 bits per heavy atom. The van der Waals surface area contributed by atoms with Gasteiger partial charge in [0.05, 0.1) is 5.56 Å². The lowest BCUT2D eigenvalue weighted by Crippen LogP contribution is -2.13. The third-order valence-corrected chi connectivity index (χ3v) is 4.83. The second kappa shape index (κ2) is 6.38. The lowest BCUT2D eigenvalue weighted by Gasteiger charge is -2.11. The van der Waals surface area contributed by atoms with Gasteiger partial charge in [-0.05, 0) is 37.7 Å². The largest absolute Gasteiger partial charge is 0.416 e. The van der Waals surface area contributed by atoms with E-state index in [1.807, 2.05) is 19.2 Å². The van der Waals surface area contributed by atoms with Crippen LogP contribution >= 0.6 is 22.9 Å². The quantitative estimate of drug-likeness (QED) is 0.750. The first-order valence-electron chi connectivity index (χ1n) is 6.51. The van der Waals surface area contributed by atoms with Crippen molar-refractivity contribution >= 4 is 22.9 Å². The van der Waals surface area contributed by atoms with Crippen molar-refractivity contribution in [1.82, 2.24) is 5.32 Å². The van der Waals surface area contributed by atoms with Crippen molar-refractivity contribution < 1.29 is 13.2 Å². The maximum Gasteiger partial charge on any atom is 0.416 e. The molecule has 0 aliphatic rings. The summed E-state index contributed by atoms with van der Waals surface area (Å²) in [7, 11) is 1.89. The van der Waals surface area contributed by atoms with Gasteiger partial charge in [0.2, 0.25) is 0 Å². The van der Waals surface area contributed by atoms with E-state index < -0.39 is 11.7 Å². The minimum atomic E-state index is -4.37. The first-order chi connectivity index (χ1) is 9.86. The molecule has 21 heavy (non-hydrogen) atoms. The second-order valence-corrected chi connectivity index (χ2v) is 6.17. The van der Waals surface area contributed by atoms with E-state index in [-0.39, 0.29) is 11.1 Å². The average Bonchev–Trinajstić information content (AvgIpc) is 2.88. The molecule has 1 aromatic heterocycles. The van der Waals surface area contributed by atoms with Crippen LogP contribution < -0.4 is 5.32 Å². The highest BCUT2D eigenvalue weighted by molar-refractivity contribution is 7.15. The van der Waals surface area contributed by atoms with Crippen molar-refractivity contribution in [3.8, 4) is 10.4 Å². The van der Waals surface area contributed by atoms with Gasteiger partial charge in [0.1, 0.15) is 0 Å². The number of hydrogen-bond donors (Lipinski definition) is 1. The van der Waals surface area contributed by atoms with Gasteiger partial charge in [0, 0.05) is 26.4 Å². The van der Waals surface area contributed by atoms with Gasteiger partial charge in [-0.3, -0.25) is 0 Å². The summed E-state index contributed by atoms with van der Waals surface area (Å²) >= 11 is 7.56. The Labute approximate surface area is 130 Å². The molecule has 0 radical (unpaired) electrons. The molecule has 0 bridgehead atoms. The first-order valence-corrected chi connectivity index (χ1v) is 7.70. The molecule has 2 aromatic rings. The number of thiophene rings is 1. The van der Waals surface area contributed by atoms with E-state index in [2.05, 4.69) is 12.2 Å². The molecule has 0 aliphatic carbocycles. The van der Waals surface area contributed by atoms with E-state index in [9.17, 15) is 13.2 Å². The van der Waals surface area contributed by atoms with E-state index in [0.29, 0.717) is 5.56 Å². The molecular formula is C15H15ClF3NS. The van der Waals surface area contributed by atoms with Crippen molar-refractivity contribution in [1.29, 1.82) is 0 Å². The Balaban J connectivity index is 2.35. The summed E-state index contributed by atoms with van der Waals surface area (Å²) in [5, 5.41) is 3.33. The molecular weight excluding hydrogens is 319 g/mol. The highest BCUT2D eigenvalue weighted by atomic mass is 35.5. The van der Waals surface area contributed by atoms with Gasteiger partial charge in [0.15, 0.2) is 0 Å². The molecule has 6 heteroatoms. The Morgan fingerprint density at radius 3 is 2.48 bits per heavy atom. The van der Waals surface area contributed by atoms with E-state index in [1.54, 1.807) is 11.3 Å². The second-order valence-electron chi connectivity index (χ2n) is 4.64. The maximum atomic E-state index is 12.6. The molecule has 1 nitrogen and oxygen atoms in total. The third kappa shape index (κ3) is 3.59. The monoisotopic (exact) mass is 333 g/mol. The van der Waals surface area contributed by atoms with Crippen LogP contribution in [0.2, 0.25) is 5.02 Å². The molecule has 0 saturated carbocycles. The maximum absolute atomic E-state index is 12.6. The number of alkyl halides is 3. The van der Waals surface area contributed by atoms with Gasteiger partial charge >= 0.3 is 6.18 Å². The van der Waals surface area contributed by atoms with E-state index >= 15 is 0 Å². The fourth-order valence-electron chi connectivity index (χ4n) is 2.12. The number of rotatable bonds is 4. The average molecular weight is 334 g/mol. The molecule has 1 aromatic carbocycles. The van der Waals surface area contributed by atoms with Gasteiger partial charge in [-0.25, -0.2) is 0 Å². The van der Waals surface area contributed by atoms with E-state index in [1.165, 1.54) is 6.07 Å². The van der Waals surface area contributed by atoms with Crippen LogP contribution in [-0.2, 0) is 6.18 Å². The number of benzene rings is 1. The van der Waals surface area contributed by atoms with E-state index in [4.69, 9.17) is 11.6 Å². The first kappa shape index (κ1) is 16.3. The predicted octanol–water partition coefficient (Wildman–Crippen LogP) is 5.76. The molecule has 1 atom stereocenters. The van der Waals surface area contributed by atoms with Gasteiger partial charge in [-0.1, -0.05) is 24.6 Å². The van der Waals surface area contributed by atoms with Crippen LogP contribution in [0.5, 0.6) is 0 Å². The van der Waals surface area contributed by atoms with Gasteiger partial charge in [-0.2, -0.15) is 13.2 Å². The molecule has 0 saturated heterocycles. The van der Waals surface area contributed by atoms with Crippen LogP contribution in [0.4, 0.5) is 13.2 Å². The molecule has 114 valence electrons. The summed E-state index contributed by atoms with van der Waals surface area (Å²) in [6.45, 7) is 2.08. The lowest BCUT2D eigenvalue weighted by molar-refractivity contribution is -0.137. The van der Waals surface area contributed by atoms with Gasteiger partial charge in [0.25, 0.3) is 0 Å². The molecule has 2 rings (SSSR count). The summed E-state index contributed by atoms with van der Waals surface area (Å²) in [5.74, 6) is 0. The fourth-order valence-corrected chi connectivity index (χ4v) is 3.70. The van der Waals surface area contributed by atoms with Crippen LogP contribution in [0, 0.1) is 0 Å². The SMILES string of the molecule is CCC(NC)c1ccc(-c2ccc(C(F)(F)F)cc2Cl)s1. The fraction of sp³-hybridized carbons (Fsp3) is 0.333. The Bertz CT molecular complexity index is 618. The molecule has 0 fully saturated rings. The zero-order valence-electron chi connectivity index (χ0n) is 11.6. The third-order valence-electron chi connectivity index (χ3n) is 3.29. The molecule has 0 amide bonds. The van der Waals surface area contributed by atoms with Crippen LogP contribution in [0.1, 0.15) is 29.8 Å². The molecule has 0 spiro atoms. The van der Waals surface area contributed by atoms with Crippen LogP contribution in [0.3, 0.4) is 0 Å². The van der Waals surface area contributed by atoms with Crippen LogP contribution in [0.15, 0.2) is 30.3 Å².